The molecule has 0 radical (unpaired) electrons. The number of sulfone groups is 1. The summed E-state index contributed by atoms with van der Waals surface area (Å²) < 4.78 is 31.4. The van der Waals surface area contributed by atoms with Crippen LogP contribution in [-0.2, 0) is 9.84 Å². The lowest BCUT2D eigenvalue weighted by Gasteiger charge is -2.22. The summed E-state index contributed by atoms with van der Waals surface area (Å²) in [6.45, 7) is 0. The van der Waals surface area contributed by atoms with Crippen molar-refractivity contribution in [1.82, 2.24) is 14.6 Å². The predicted molar refractivity (Wildman–Crippen MR) is 99.0 cm³/mol. The molecule has 6 nitrogen and oxygen atoms in total. The smallest absolute Gasteiger partial charge is 0.232 e. The summed E-state index contributed by atoms with van der Waals surface area (Å²) in [4.78, 5) is 4.65. The molecule has 0 saturated heterocycles. The van der Waals surface area contributed by atoms with Gasteiger partial charge in [0.25, 0.3) is 0 Å². The topological polar surface area (TPSA) is 73.6 Å². The molecule has 0 aliphatic heterocycles. The molecule has 7 heteroatoms. The first-order valence-corrected chi connectivity index (χ1v) is 10.7. The van der Waals surface area contributed by atoms with Gasteiger partial charge >= 0.3 is 0 Å². The summed E-state index contributed by atoms with van der Waals surface area (Å²) in [5.74, 6) is 0.572. The molecule has 0 amide bonds. The van der Waals surface area contributed by atoms with Crippen molar-refractivity contribution >= 4 is 15.5 Å². The first-order valence-electron chi connectivity index (χ1n) is 8.83. The van der Waals surface area contributed by atoms with Gasteiger partial charge in [-0.15, -0.1) is 5.10 Å². The Morgan fingerprint density at radius 3 is 2.69 bits per heavy atom. The molecule has 1 fully saturated rings. The fourth-order valence-corrected chi connectivity index (χ4v) is 4.02. The molecular weight excluding hydrogens is 350 g/mol. The van der Waals surface area contributed by atoms with Crippen molar-refractivity contribution in [2.45, 2.75) is 43.1 Å². The Balaban J connectivity index is 1.71. The quantitative estimate of drug-likeness (QED) is 0.702. The molecular formula is C19H21N3O3S. The number of hydrogen-bond donors (Lipinski definition) is 0. The SMILES string of the molecule is CS(=O)(=O)c1cccc(-c2cnc3ccc(OC4CCCCC4)nn23)c1. The number of rotatable bonds is 4. The van der Waals surface area contributed by atoms with Crippen LogP contribution in [0.15, 0.2) is 47.5 Å². The molecule has 4 rings (SSSR count). The van der Waals surface area contributed by atoms with Gasteiger partial charge in [0, 0.05) is 17.9 Å². The van der Waals surface area contributed by atoms with Gasteiger partial charge in [-0.25, -0.2) is 17.9 Å². The van der Waals surface area contributed by atoms with Crippen LogP contribution in [-0.4, -0.2) is 35.4 Å². The molecule has 1 aliphatic carbocycles. The number of hydrogen-bond acceptors (Lipinski definition) is 5. The van der Waals surface area contributed by atoms with Gasteiger partial charge in [0.05, 0.1) is 16.8 Å². The zero-order chi connectivity index (χ0) is 18.1. The summed E-state index contributed by atoms with van der Waals surface area (Å²) in [7, 11) is -3.27. The van der Waals surface area contributed by atoms with E-state index >= 15 is 0 Å². The Morgan fingerprint density at radius 1 is 1.12 bits per heavy atom. The minimum absolute atomic E-state index is 0.217. The predicted octanol–water partition coefficient (Wildman–Crippen LogP) is 3.51. The van der Waals surface area contributed by atoms with Gasteiger partial charge in [-0.2, -0.15) is 0 Å². The normalized spacial score (nSPS) is 16.0. The standard InChI is InChI=1S/C19H21N3O3S/c1-26(23,24)16-9-5-6-14(12-16)17-13-20-18-10-11-19(21-22(17)18)25-15-7-3-2-4-8-15/h5-6,9-13,15H,2-4,7-8H2,1H3. The molecule has 136 valence electrons. The Labute approximate surface area is 152 Å². The Kier molecular flexibility index (Phi) is 4.40. The lowest BCUT2D eigenvalue weighted by atomic mass is 9.98. The first kappa shape index (κ1) is 17.0. The summed E-state index contributed by atoms with van der Waals surface area (Å²) in [6, 6.07) is 10.5. The molecule has 1 aromatic carbocycles. The molecule has 0 N–H and O–H groups in total. The third-order valence-electron chi connectivity index (χ3n) is 4.74. The highest BCUT2D eigenvalue weighted by Gasteiger charge is 2.17. The minimum Gasteiger partial charge on any atom is -0.473 e. The van der Waals surface area contributed by atoms with Gasteiger partial charge in [-0.05, 0) is 43.9 Å². The fraction of sp³-hybridized carbons (Fsp3) is 0.368. The molecule has 0 spiro atoms. The molecule has 2 heterocycles. The van der Waals surface area contributed by atoms with Crippen LogP contribution >= 0.6 is 0 Å². The van der Waals surface area contributed by atoms with E-state index in [1.54, 1.807) is 28.9 Å². The number of aromatic nitrogens is 3. The van der Waals surface area contributed by atoms with E-state index in [1.807, 2.05) is 18.2 Å². The van der Waals surface area contributed by atoms with Crippen LogP contribution in [0.4, 0.5) is 0 Å². The van der Waals surface area contributed by atoms with Crippen molar-refractivity contribution in [1.29, 1.82) is 0 Å². The van der Waals surface area contributed by atoms with Crippen molar-refractivity contribution in [3.8, 4) is 17.1 Å². The third-order valence-corrected chi connectivity index (χ3v) is 5.85. The first-order chi connectivity index (χ1) is 12.5. The molecule has 0 atom stereocenters. The second-order valence-corrected chi connectivity index (χ2v) is 8.78. The van der Waals surface area contributed by atoms with Crippen LogP contribution in [0.1, 0.15) is 32.1 Å². The maximum atomic E-state index is 11.8. The zero-order valence-electron chi connectivity index (χ0n) is 14.6. The number of fused-ring (bicyclic) bond motifs is 1. The van der Waals surface area contributed by atoms with E-state index in [1.165, 1.54) is 25.5 Å². The Morgan fingerprint density at radius 2 is 1.92 bits per heavy atom. The monoisotopic (exact) mass is 371 g/mol. The van der Waals surface area contributed by atoms with Crippen LogP contribution in [0, 0.1) is 0 Å². The zero-order valence-corrected chi connectivity index (χ0v) is 15.4. The van der Waals surface area contributed by atoms with E-state index in [9.17, 15) is 8.42 Å². The molecule has 0 unspecified atom stereocenters. The van der Waals surface area contributed by atoms with Gasteiger partial charge < -0.3 is 4.74 Å². The Bertz CT molecular complexity index is 1040. The van der Waals surface area contributed by atoms with E-state index in [0.29, 0.717) is 11.5 Å². The van der Waals surface area contributed by atoms with Crippen molar-refractivity contribution in [3.63, 3.8) is 0 Å². The molecule has 26 heavy (non-hydrogen) atoms. The van der Waals surface area contributed by atoms with Crippen LogP contribution in [0.3, 0.4) is 0 Å². The molecule has 3 aromatic rings. The second kappa shape index (κ2) is 6.72. The highest BCUT2D eigenvalue weighted by atomic mass is 32.2. The van der Waals surface area contributed by atoms with Gasteiger partial charge in [-0.1, -0.05) is 18.6 Å². The average Bonchev–Trinajstić information content (AvgIpc) is 3.05. The maximum absolute atomic E-state index is 11.8. The highest BCUT2D eigenvalue weighted by molar-refractivity contribution is 7.90. The number of ether oxygens (including phenoxy) is 1. The summed E-state index contributed by atoms with van der Waals surface area (Å²) in [5, 5.41) is 4.58. The largest absolute Gasteiger partial charge is 0.473 e. The molecule has 0 bridgehead atoms. The average molecular weight is 371 g/mol. The van der Waals surface area contributed by atoms with E-state index in [0.717, 1.165) is 24.1 Å². The number of nitrogens with zero attached hydrogens (tertiary/aromatic N) is 3. The molecule has 1 saturated carbocycles. The molecule has 1 aliphatic rings. The summed E-state index contributed by atoms with van der Waals surface area (Å²) >= 11 is 0. The van der Waals surface area contributed by atoms with E-state index in [4.69, 9.17) is 4.74 Å². The minimum atomic E-state index is -3.27. The van der Waals surface area contributed by atoms with Crippen molar-refractivity contribution in [2.24, 2.45) is 0 Å². The highest BCUT2D eigenvalue weighted by Crippen LogP contribution is 2.26. The van der Waals surface area contributed by atoms with Crippen molar-refractivity contribution < 1.29 is 13.2 Å². The summed E-state index contributed by atoms with van der Waals surface area (Å²) in [6.07, 6.45) is 8.91. The lowest BCUT2D eigenvalue weighted by molar-refractivity contribution is 0.147. The van der Waals surface area contributed by atoms with E-state index in [2.05, 4.69) is 10.1 Å². The van der Waals surface area contributed by atoms with Gasteiger partial charge in [-0.3, -0.25) is 0 Å². The van der Waals surface area contributed by atoms with Crippen molar-refractivity contribution in [2.75, 3.05) is 6.26 Å². The third kappa shape index (κ3) is 3.44. The van der Waals surface area contributed by atoms with Crippen LogP contribution in [0.2, 0.25) is 0 Å². The van der Waals surface area contributed by atoms with Gasteiger partial charge in [0.2, 0.25) is 5.88 Å². The summed E-state index contributed by atoms with van der Waals surface area (Å²) in [5.41, 5.74) is 2.18. The fourth-order valence-electron chi connectivity index (χ4n) is 3.36. The second-order valence-electron chi connectivity index (χ2n) is 6.76. The molecule has 2 aromatic heterocycles. The van der Waals surface area contributed by atoms with Gasteiger partial charge in [0.15, 0.2) is 15.5 Å². The van der Waals surface area contributed by atoms with E-state index < -0.39 is 9.84 Å². The van der Waals surface area contributed by atoms with E-state index in [-0.39, 0.29) is 11.0 Å². The van der Waals surface area contributed by atoms with Crippen LogP contribution in [0.25, 0.3) is 16.9 Å². The number of benzene rings is 1. The maximum Gasteiger partial charge on any atom is 0.232 e. The van der Waals surface area contributed by atoms with Crippen LogP contribution in [0.5, 0.6) is 5.88 Å². The van der Waals surface area contributed by atoms with Crippen molar-refractivity contribution in [3.05, 3.63) is 42.6 Å². The van der Waals surface area contributed by atoms with Crippen LogP contribution < -0.4 is 4.74 Å². The Hall–Kier alpha value is -2.41. The lowest BCUT2D eigenvalue weighted by Crippen LogP contribution is -2.20. The number of imidazole rings is 1. The van der Waals surface area contributed by atoms with Gasteiger partial charge in [0.1, 0.15) is 6.10 Å².